The zero-order chi connectivity index (χ0) is 17.4. The molecule has 0 unspecified atom stereocenters. The average Bonchev–Trinajstić information content (AvgIpc) is 3.32. The highest BCUT2D eigenvalue weighted by Crippen LogP contribution is 2.18. The highest BCUT2D eigenvalue weighted by molar-refractivity contribution is 5.97. The maximum absolute atomic E-state index is 12.6. The van der Waals surface area contributed by atoms with Gasteiger partial charge in [0.25, 0.3) is 5.91 Å². The van der Waals surface area contributed by atoms with Gasteiger partial charge in [-0.2, -0.15) is 9.78 Å². The summed E-state index contributed by atoms with van der Waals surface area (Å²) in [5.74, 6) is 0.778. The lowest BCUT2D eigenvalue weighted by Gasteiger charge is -2.11. The van der Waals surface area contributed by atoms with Crippen LogP contribution in [0, 0.1) is 6.92 Å². The second-order valence-corrected chi connectivity index (χ2v) is 5.72. The van der Waals surface area contributed by atoms with Gasteiger partial charge in [-0.05, 0) is 42.0 Å². The fourth-order valence-corrected chi connectivity index (χ4v) is 2.57. The number of aromatic nitrogens is 8. The van der Waals surface area contributed by atoms with E-state index in [1.807, 2.05) is 32.0 Å². The van der Waals surface area contributed by atoms with Crippen LogP contribution in [-0.4, -0.2) is 46.3 Å². The summed E-state index contributed by atoms with van der Waals surface area (Å²) < 4.78 is 1.34. The van der Waals surface area contributed by atoms with Crippen LogP contribution in [0.25, 0.3) is 16.9 Å². The molecule has 4 aromatic rings. The van der Waals surface area contributed by atoms with E-state index in [0.717, 1.165) is 16.6 Å². The van der Waals surface area contributed by atoms with E-state index in [1.54, 1.807) is 0 Å². The molecular weight excluding hydrogens is 322 g/mol. The SMILES string of the molecule is Cc1ccc2nc([C@H](C)NC(=O)c3cn[nH]c3-n3cnnn3)[nH]c2c1. The van der Waals surface area contributed by atoms with Gasteiger partial charge in [0, 0.05) is 0 Å². The van der Waals surface area contributed by atoms with E-state index in [1.165, 1.54) is 17.2 Å². The van der Waals surface area contributed by atoms with Crippen LogP contribution in [0.4, 0.5) is 0 Å². The first-order chi connectivity index (χ1) is 12.1. The van der Waals surface area contributed by atoms with E-state index in [4.69, 9.17) is 0 Å². The lowest BCUT2D eigenvalue weighted by atomic mass is 10.2. The second-order valence-electron chi connectivity index (χ2n) is 5.72. The Balaban J connectivity index is 1.57. The number of tetrazole rings is 1. The van der Waals surface area contributed by atoms with Crippen LogP contribution in [0.3, 0.4) is 0 Å². The highest BCUT2D eigenvalue weighted by atomic mass is 16.1. The van der Waals surface area contributed by atoms with Gasteiger partial charge in [-0.3, -0.25) is 9.89 Å². The number of imidazole rings is 1. The molecule has 0 aliphatic heterocycles. The van der Waals surface area contributed by atoms with E-state index >= 15 is 0 Å². The van der Waals surface area contributed by atoms with Crippen LogP contribution in [0.2, 0.25) is 0 Å². The Kier molecular flexibility index (Phi) is 3.49. The van der Waals surface area contributed by atoms with Gasteiger partial charge in [-0.1, -0.05) is 6.07 Å². The summed E-state index contributed by atoms with van der Waals surface area (Å²) in [7, 11) is 0. The molecule has 10 heteroatoms. The number of nitrogens with zero attached hydrogens (tertiary/aromatic N) is 6. The number of aromatic amines is 2. The molecule has 25 heavy (non-hydrogen) atoms. The van der Waals surface area contributed by atoms with Crippen molar-refractivity contribution in [3.63, 3.8) is 0 Å². The van der Waals surface area contributed by atoms with E-state index in [2.05, 4.69) is 41.0 Å². The first-order valence-electron chi connectivity index (χ1n) is 7.65. The number of nitrogens with one attached hydrogen (secondary N) is 3. The van der Waals surface area contributed by atoms with Gasteiger partial charge >= 0.3 is 0 Å². The molecule has 0 aliphatic carbocycles. The number of benzene rings is 1. The summed E-state index contributed by atoms with van der Waals surface area (Å²) in [5.41, 5.74) is 3.28. The summed E-state index contributed by atoms with van der Waals surface area (Å²) in [5, 5.41) is 20.4. The normalized spacial score (nSPS) is 12.4. The Morgan fingerprint density at radius 1 is 1.36 bits per heavy atom. The van der Waals surface area contributed by atoms with Gasteiger partial charge in [-0.25, -0.2) is 4.98 Å². The summed E-state index contributed by atoms with van der Waals surface area (Å²) in [6, 6.07) is 5.66. The smallest absolute Gasteiger partial charge is 0.257 e. The van der Waals surface area contributed by atoms with Crippen molar-refractivity contribution < 1.29 is 4.79 Å². The van der Waals surface area contributed by atoms with Gasteiger partial charge in [0.15, 0.2) is 5.82 Å². The first kappa shape index (κ1) is 15.0. The predicted molar refractivity (Wildman–Crippen MR) is 88.0 cm³/mol. The number of carbonyl (C=O) groups excluding carboxylic acids is 1. The third kappa shape index (κ3) is 2.73. The number of H-pyrrole nitrogens is 2. The van der Waals surface area contributed by atoms with Crippen molar-refractivity contribution in [1.82, 2.24) is 45.7 Å². The zero-order valence-corrected chi connectivity index (χ0v) is 13.6. The molecule has 10 nitrogen and oxygen atoms in total. The molecule has 1 amide bonds. The van der Waals surface area contributed by atoms with E-state index in [0.29, 0.717) is 17.2 Å². The van der Waals surface area contributed by atoms with Crippen molar-refractivity contribution in [3.8, 4) is 5.82 Å². The maximum Gasteiger partial charge on any atom is 0.257 e. The lowest BCUT2D eigenvalue weighted by molar-refractivity contribution is 0.0938. The third-order valence-electron chi connectivity index (χ3n) is 3.86. The molecule has 0 spiro atoms. The molecular formula is C15H15N9O. The number of aryl methyl sites for hydroxylation is 1. The molecule has 1 atom stereocenters. The van der Waals surface area contributed by atoms with Crippen molar-refractivity contribution in [2.24, 2.45) is 0 Å². The first-order valence-corrected chi connectivity index (χ1v) is 7.65. The average molecular weight is 337 g/mol. The van der Waals surface area contributed by atoms with Crippen LogP contribution in [0.1, 0.15) is 34.7 Å². The van der Waals surface area contributed by atoms with Crippen molar-refractivity contribution in [2.45, 2.75) is 19.9 Å². The molecule has 3 heterocycles. The molecule has 0 saturated heterocycles. The second kappa shape index (κ2) is 5.82. The highest BCUT2D eigenvalue weighted by Gasteiger charge is 2.20. The largest absolute Gasteiger partial charge is 0.342 e. The minimum Gasteiger partial charge on any atom is -0.342 e. The van der Waals surface area contributed by atoms with Gasteiger partial charge in [0.1, 0.15) is 17.7 Å². The topological polar surface area (TPSA) is 130 Å². The number of hydrogen-bond donors (Lipinski definition) is 3. The summed E-state index contributed by atoms with van der Waals surface area (Å²) >= 11 is 0. The maximum atomic E-state index is 12.6. The predicted octanol–water partition coefficient (Wildman–Crippen LogP) is 1.06. The molecule has 0 fully saturated rings. The van der Waals surface area contributed by atoms with Gasteiger partial charge in [0.2, 0.25) is 0 Å². The minimum absolute atomic E-state index is 0.302. The van der Waals surface area contributed by atoms with E-state index in [-0.39, 0.29) is 11.9 Å². The summed E-state index contributed by atoms with van der Waals surface area (Å²) in [6.45, 7) is 3.88. The molecule has 3 N–H and O–H groups in total. The number of hydrogen-bond acceptors (Lipinski definition) is 6. The Morgan fingerprint density at radius 3 is 3.04 bits per heavy atom. The molecule has 0 saturated carbocycles. The van der Waals surface area contributed by atoms with Crippen molar-refractivity contribution in [3.05, 3.63) is 47.7 Å². The Hall–Kier alpha value is -3.56. The Bertz CT molecular complexity index is 1030. The third-order valence-corrected chi connectivity index (χ3v) is 3.86. The van der Waals surface area contributed by atoms with Crippen molar-refractivity contribution >= 4 is 16.9 Å². The Morgan fingerprint density at radius 2 is 2.24 bits per heavy atom. The molecule has 0 aliphatic rings. The number of carbonyl (C=O) groups is 1. The minimum atomic E-state index is -0.308. The number of amides is 1. The zero-order valence-electron chi connectivity index (χ0n) is 13.6. The van der Waals surface area contributed by atoms with Crippen LogP contribution in [-0.2, 0) is 0 Å². The fourth-order valence-electron chi connectivity index (χ4n) is 2.57. The molecule has 3 aromatic heterocycles. The van der Waals surface area contributed by atoms with Crippen LogP contribution < -0.4 is 5.32 Å². The number of rotatable bonds is 4. The van der Waals surface area contributed by atoms with Gasteiger partial charge in [0.05, 0.1) is 23.3 Å². The van der Waals surface area contributed by atoms with Crippen LogP contribution in [0.15, 0.2) is 30.7 Å². The molecule has 126 valence electrons. The monoisotopic (exact) mass is 337 g/mol. The van der Waals surface area contributed by atoms with Crippen LogP contribution in [0.5, 0.6) is 0 Å². The molecule has 4 rings (SSSR count). The number of fused-ring (bicyclic) bond motifs is 1. The Labute approximate surface area is 141 Å². The van der Waals surface area contributed by atoms with Crippen molar-refractivity contribution in [1.29, 1.82) is 0 Å². The standard InChI is InChI=1S/C15H15N9O/c1-8-3-4-11-12(5-8)20-13(19-11)9(2)18-15(25)10-6-16-21-14(10)24-7-17-22-23-24/h3-7,9H,1-2H3,(H,16,21)(H,18,25)(H,19,20)/t9-/m0/s1. The molecule has 0 radical (unpaired) electrons. The van der Waals surface area contributed by atoms with Gasteiger partial charge in [-0.15, -0.1) is 5.10 Å². The quantitative estimate of drug-likeness (QED) is 0.510. The fraction of sp³-hybridized carbons (Fsp3) is 0.200. The van der Waals surface area contributed by atoms with Gasteiger partial charge < -0.3 is 10.3 Å². The molecule has 0 bridgehead atoms. The summed E-state index contributed by atoms with van der Waals surface area (Å²) in [4.78, 5) is 20.4. The summed E-state index contributed by atoms with van der Waals surface area (Å²) in [6.07, 6.45) is 2.82. The van der Waals surface area contributed by atoms with Crippen molar-refractivity contribution in [2.75, 3.05) is 0 Å². The lowest BCUT2D eigenvalue weighted by Crippen LogP contribution is -2.28. The van der Waals surface area contributed by atoms with E-state index in [9.17, 15) is 4.79 Å². The van der Waals surface area contributed by atoms with Crippen LogP contribution >= 0.6 is 0 Å². The van der Waals surface area contributed by atoms with E-state index < -0.39 is 0 Å². The molecule has 1 aromatic carbocycles.